The molecule has 7 heteroatoms. The Bertz CT molecular complexity index is 843. The molecule has 0 aromatic heterocycles. The van der Waals surface area contributed by atoms with Crippen LogP contribution in [-0.2, 0) is 4.79 Å². The molecule has 1 saturated heterocycles. The lowest BCUT2D eigenvalue weighted by molar-refractivity contribution is -0.133. The van der Waals surface area contributed by atoms with Gasteiger partial charge in [0.2, 0.25) is 0 Å². The predicted octanol–water partition coefficient (Wildman–Crippen LogP) is 2.74. The molecule has 2 aromatic rings. The van der Waals surface area contributed by atoms with Gasteiger partial charge >= 0.3 is 0 Å². The minimum absolute atomic E-state index is 0.0508. The zero-order chi connectivity index (χ0) is 19.9. The molecule has 0 saturated carbocycles. The van der Waals surface area contributed by atoms with Gasteiger partial charge in [0.25, 0.3) is 11.8 Å². The molecule has 3 rings (SSSR count). The van der Waals surface area contributed by atoms with E-state index in [-0.39, 0.29) is 18.4 Å². The van der Waals surface area contributed by atoms with Crippen LogP contribution < -0.4 is 9.47 Å². The maximum atomic E-state index is 12.8. The molecule has 0 unspecified atom stereocenters. The van der Waals surface area contributed by atoms with E-state index in [1.807, 2.05) is 24.3 Å². The highest BCUT2D eigenvalue weighted by molar-refractivity contribution is 7.80. The number of para-hydroxylation sites is 2. The van der Waals surface area contributed by atoms with Gasteiger partial charge in [-0.3, -0.25) is 9.59 Å². The van der Waals surface area contributed by atoms with E-state index in [2.05, 4.69) is 12.6 Å². The Morgan fingerprint density at radius 1 is 0.929 bits per heavy atom. The van der Waals surface area contributed by atoms with Gasteiger partial charge in [-0.2, -0.15) is 0 Å². The lowest BCUT2D eigenvalue weighted by Crippen LogP contribution is -2.39. The first-order chi connectivity index (χ1) is 13.6. The quantitative estimate of drug-likeness (QED) is 0.784. The second-order valence-corrected chi connectivity index (χ2v) is 6.97. The minimum atomic E-state index is -0.102. The molecule has 2 amide bonds. The Morgan fingerprint density at radius 2 is 1.57 bits per heavy atom. The molecule has 1 aliphatic heterocycles. The van der Waals surface area contributed by atoms with Crippen LogP contribution in [0.5, 0.6) is 11.5 Å². The number of hydrogen-bond acceptors (Lipinski definition) is 5. The molecule has 1 heterocycles. The number of thiol groups is 1. The van der Waals surface area contributed by atoms with E-state index in [1.165, 1.54) is 0 Å². The van der Waals surface area contributed by atoms with Crippen LogP contribution in [0, 0.1) is 0 Å². The maximum Gasteiger partial charge on any atom is 0.260 e. The monoisotopic (exact) mass is 400 g/mol. The Labute approximate surface area is 170 Å². The van der Waals surface area contributed by atoms with Gasteiger partial charge in [-0.05, 0) is 30.7 Å². The van der Waals surface area contributed by atoms with Crippen LogP contribution >= 0.6 is 12.6 Å². The molecule has 28 heavy (non-hydrogen) atoms. The van der Waals surface area contributed by atoms with Crippen molar-refractivity contribution in [2.24, 2.45) is 0 Å². The molecule has 0 aliphatic carbocycles. The summed E-state index contributed by atoms with van der Waals surface area (Å²) in [6, 6.07) is 14.5. The van der Waals surface area contributed by atoms with Crippen LogP contribution in [-0.4, -0.2) is 61.5 Å². The Balaban J connectivity index is 1.56. The lowest BCUT2D eigenvalue weighted by atomic mass is 10.2. The van der Waals surface area contributed by atoms with E-state index in [0.717, 1.165) is 6.42 Å². The van der Waals surface area contributed by atoms with E-state index >= 15 is 0 Å². The number of rotatable bonds is 5. The van der Waals surface area contributed by atoms with E-state index in [4.69, 9.17) is 9.47 Å². The van der Waals surface area contributed by atoms with E-state index in [9.17, 15) is 9.59 Å². The molecule has 0 N–H and O–H groups in total. The number of methoxy groups -OCH3 is 1. The van der Waals surface area contributed by atoms with Crippen molar-refractivity contribution in [2.75, 3.05) is 39.9 Å². The molecule has 2 aromatic carbocycles. The molecule has 1 aliphatic rings. The van der Waals surface area contributed by atoms with Gasteiger partial charge in [0.15, 0.2) is 18.1 Å². The van der Waals surface area contributed by atoms with Crippen molar-refractivity contribution in [3.8, 4) is 11.5 Å². The highest BCUT2D eigenvalue weighted by Gasteiger charge is 2.24. The van der Waals surface area contributed by atoms with Crippen molar-refractivity contribution < 1.29 is 19.1 Å². The summed E-state index contributed by atoms with van der Waals surface area (Å²) in [6.07, 6.45) is 0.723. The van der Waals surface area contributed by atoms with Crippen molar-refractivity contribution >= 4 is 24.4 Å². The zero-order valence-electron chi connectivity index (χ0n) is 15.8. The average Bonchev–Trinajstić information content (AvgIpc) is 2.98. The van der Waals surface area contributed by atoms with Crippen LogP contribution in [0.2, 0.25) is 0 Å². The van der Waals surface area contributed by atoms with Gasteiger partial charge in [0.05, 0.1) is 12.7 Å². The van der Waals surface area contributed by atoms with Gasteiger partial charge < -0.3 is 19.3 Å². The molecule has 0 bridgehead atoms. The third-order valence-corrected chi connectivity index (χ3v) is 5.08. The largest absolute Gasteiger partial charge is 0.493 e. The molecule has 0 atom stereocenters. The molecule has 0 radical (unpaired) electrons. The number of carbonyl (C=O) groups is 2. The molecular formula is C21H24N2O4S. The highest BCUT2D eigenvalue weighted by atomic mass is 32.1. The number of hydrogen-bond donors (Lipinski definition) is 1. The fraction of sp³-hybridized carbons (Fsp3) is 0.333. The summed E-state index contributed by atoms with van der Waals surface area (Å²) in [5, 5.41) is 0. The zero-order valence-corrected chi connectivity index (χ0v) is 16.7. The van der Waals surface area contributed by atoms with Crippen molar-refractivity contribution in [3.63, 3.8) is 0 Å². The summed E-state index contributed by atoms with van der Waals surface area (Å²) in [4.78, 5) is 29.5. The Morgan fingerprint density at radius 3 is 2.32 bits per heavy atom. The number of amides is 2. The Kier molecular flexibility index (Phi) is 6.81. The van der Waals surface area contributed by atoms with Crippen molar-refractivity contribution in [2.45, 2.75) is 11.3 Å². The lowest BCUT2D eigenvalue weighted by Gasteiger charge is -2.23. The van der Waals surface area contributed by atoms with Crippen LogP contribution in [0.4, 0.5) is 0 Å². The Hall–Kier alpha value is -2.67. The molecule has 148 valence electrons. The van der Waals surface area contributed by atoms with Crippen LogP contribution in [0.3, 0.4) is 0 Å². The van der Waals surface area contributed by atoms with E-state index in [1.54, 1.807) is 41.2 Å². The van der Waals surface area contributed by atoms with Gasteiger partial charge in [0, 0.05) is 31.1 Å². The van der Waals surface area contributed by atoms with Gasteiger partial charge in [-0.15, -0.1) is 12.6 Å². The first kappa shape index (κ1) is 20.1. The second kappa shape index (κ2) is 9.50. The first-order valence-corrected chi connectivity index (χ1v) is 9.65. The third-order valence-electron chi connectivity index (χ3n) is 4.69. The summed E-state index contributed by atoms with van der Waals surface area (Å²) >= 11 is 4.37. The summed E-state index contributed by atoms with van der Waals surface area (Å²) in [6.45, 7) is 2.11. The first-order valence-electron chi connectivity index (χ1n) is 9.21. The van der Waals surface area contributed by atoms with Crippen molar-refractivity contribution in [1.29, 1.82) is 0 Å². The highest BCUT2D eigenvalue weighted by Crippen LogP contribution is 2.25. The third kappa shape index (κ3) is 4.78. The van der Waals surface area contributed by atoms with Crippen LogP contribution in [0.15, 0.2) is 53.4 Å². The molecule has 1 fully saturated rings. The number of carbonyl (C=O) groups excluding carboxylic acids is 2. The number of nitrogens with zero attached hydrogens (tertiary/aromatic N) is 2. The van der Waals surface area contributed by atoms with Crippen LogP contribution in [0.1, 0.15) is 16.8 Å². The maximum absolute atomic E-state index is 12.8. The second-order valence-electron chi connectivity index (χ2n) is 6.48. The van der Waals surface area contributed by atoms with Gasteiger partial charge in [-0.25, -0.2) is 0 Å². The normalized spacial score (nSPS) is 14.4. The molecular weight excluding hydrogens is 376 g/mol. The van der Waals surface area contributed by atoms with Crippen LogP contribution in [0.25, 0.3) is 0 Å². The number of benzene rings is 2. The smallest absolute Gasteiger partial charge is 0.260 e. The van der Waals surface area contributed by atoms with Crippen molar-refractivity contribution in [3.05, 3.63) is 54.1 Å². The van der Waals surface area contributed by atoms with Crippen molar-refractivity contribution in [1.82, 2.24) is 9.80 Å². The summed E-state index contributed by atoms with van der Waals surface area (Å²) in [7, 11) is 1.56. The summed E-state index contributed by atoms with van der Waals surface area (Å²) in [5.41, 5.74) is 0.588. The van der Waals surface area contributed by atoms with Gasteiger partial charge in [-0.1, -0.05) is 24.3 Å². The van der Waals surface area contributed by atoms with E-state index in [0.29, 0.717) is 48.1 Å². The standard InChI is InChI=1S/C21H24N2O4S/c1-26-17-8-3-4-9-18(17)27-15-20(24)22-11-6-12-23(14-13-22)21(25)16-7-2-5-10-19(16)28/h2-5,7-10,28H,6,11-15H2,1H3. The SMILES string of the molecule is COc1ccccc1OCC(=O)N1CCCN(C(=O)c2ccccc2S)CC1. The number of ether oxygens (including phenoxy) is 2. The predicted molar refractivity (Wildman–Crippen MR) is 109 cm³/mol. The molecule has 0 spiro atoms. The summed E-state index contributed by atoms with van der Waals surface area (Å²) < 4.78 is 10.9. The fourth-order valence-corrected chi connectivity index (χ4v) is 3.42. The average molecular weight is 401 g/mol. The minimum Gasteiger partial charge on any atom is -0.493 e. The van der Waals surface area contributed by atoms with E-state index < -0.39 is 0 Å². The topological polar surface area (TPSA) is 59.1 Å². The fourth-order valence-electron chi connectivity index (χ4n) is 3.16. The summed E-state index contributed by atoms with van der Waals surface area (Å²) in [5.74, 6) is 0.976. The van der Waals surface area contributed by atoms with Gasteiger partial charge in [0.1, 0.15) is 0 Å². The molecule has 6 nitrogen and oxygen atoms in total.